The van der Waals surface area contributed by atoms with Gasteiger partial charge in [-0.25, -0.2) is 0 Å². The molecule has 0 bridgehead atoms. The second kappa shape index (κ2) is 7.58. The second-order valence-corrected chi connectivity index (χ2v) is 5.84. The van der Waals surface area contributed by atoms with Gasteiger partial charge in [-0.05, 0) is 42.3 Å². The summed E-state index contributed by atoms with van der Waals surface area (Å²) in [5, 5.41) is 13.7. The predicted molar refractivity (Wildman–Crippen MR) is 86.9 cm³/mol. The molecule has 6 heteroatoms. The van der Waals surface area contributed by atoms with Crippen molar-refractivity contribution in [2.45, 2.75) is 26.0 Å². The van der Waals surface area contributed by atoms with Gasteiger partial charge in [0, 0.05) is 16.2 Å². The standard InChI is InChI=1S/C16H16Cl2N2O2/c1-10-3-2-4-19-14(10)9-20-16(22)8-15(21)11-5-12(17)7-13(18)6-11/h2-7,15,21H,8-9H2,1H3,(H,20,22). The van der Waals surface area contributed by atoms with Crippen LogP contribution in [-0.4, -0.2) is 16.0 Å². The van der Waals surface area contributed by atoms with Gasteiger partial charge in [0.05, 0.1) is 24.8 Å². The number of rotatable bonds is 5. The van der Waals surface area contributed by atoms with Crippen LogP contribution in [0.1, 0.15) is 29.3 Å². The molecule has 0 fully saturated rings. The number of carbonyl (C=O) groups excluding carboxylic acids is 1. The zero-order chi connectivity index (χ0) is 16.1. The van der Waals surface area contributed by atoms with Crippen molar-refractivity contribution in [2.24, 2.45) is 0 Å². The summed E-state index contributed by atoms with van der Waals surface area (Å²) < 4.78 is 0. The molecule has 2 aromatic rings. The molecule has 1 heterocycles. The van der Waals surface area contributed by atoms with Gasteiger partial charge in [0.25, 0.3) is 0 Å². The van der Waals surface area contributed by atoms with Crippen molar-refractivity contribution in [2.75, 3.05) is 0 Å². The summed E-state index contributed by atoms with van der Waals surface area (Å²) in [6.07, 6.45) is 0.654. The first-order chi connectivity index (χ1) is 10.5. The smallest absolute Gasteiger partial charge is 0.223 e. The van der Waals surface area contributed by atoms with Gasteiger partial charge in [-0.15, -0.1) is 0 Å². The van der Waals surface area contributed by atoms with Crippen molar-refractivity contribution in [3.05, 3.63) is 63.4 Å². The number of nitrogens with zero attached hydrogens (tertiary/aromatic N) is 1. The molecule has 1 amide bonds. The van der Waals surface area contributed by atoms with Gasteiger partial charge in [0.15, 0.2) is 0 Å². The number of nitrogens with one attached hydrogen (secondary N) is 1. The molecular weight excluding hydrogens is 323 g/mol. The Kier molecular flexibility index (Phi) is 5.77. The van der Waals surface area contributed by atoms with Gasteiger partial charge in [0.1, 0.15) is 0 Å². The van der Waals surface area contributed by atoms with Gasteiger partial charge in [-0.2, -0.15) is 0 Å². The monoisotopic (exact) mass is 338 g/mol. The summed E-state index contributed by atoms with van der Waals surface area (Å²) in [4.78, 5) is 16.1. The molecule has 4 nitrogen and oxygen atoms in total. The van der Waals surface area contributed by atoms with E-state index in [9.17, 15) is 9.90 Å². The van der Waals surface area contributed by atoms with Gasteiger partial charge in [0.2, 0.25) is 5.91 Å². The number of halogens is 2. The maximum atomic E-state index is 11.9. The fourth-order valence-corrected chi connectivity index (χ4v) is 2.56. The maximum Gasteiger partial charge on any atom is 0.223 e. The molecule has 1 aromatic carbocycles. The molecule has 0 aliphatic heterocycles. The van der Waals surface area contributed by atoms with E-state index in [4.69, 9.17) is 23.2 Å². The number of pyridine rings is 1. The predicted octanol–water partition coefficient (Wildman–Crippen LogP) is 3.44. The van der Waals surface area contributed by atoms with E-state index in [1.807, 2.05) is 19.1 Å². The van der Waals surface area contributed by atoms with Crippen LogP contribution in [0, 0.1) is 6.92 Å². The van der Waals surface area contributed by atoms with E-state index in [0.717, 1.165) is 11.3 Å². The minimum atomic E-state index is -0.957. The molecule has 0 radical (unpaired) electrons. The maximum absolute atomic E-state index is 11.9. The fourth-order valence-electron chi connectivity index (χ4n) is 2.02. The minimum absolute atomic E-state index is 0.0669. The van der Waals surface area contributed by atoms with Crippen LogP contribution in [0.15, 0.2) is 36.5 Å². The lowest BCUT2D eigenvalue weighted by Gasteiger charge is -2.12. The third kappa shape index (κ3) is 4.70. The minimum Gasteiger partial charge on any atom is -0.388 e. The quantitative estimate of drug-likeness (QED) is 0.877. The Bertz CT molecular complexity index is 657. The van der Waals surface area contributed by atoms with Crippen LogP contribution in [0.5, 0.6) is 0 Å². The Morgan fingerprint density at radius 2 is 2.00 bits per heavy atom. The molecule has 22 heavy (non-hydrogen) atoms. The van der Waals surface area contributed by atoms with Crippen molar-refractivity contribution < 1.29 is 9.90 Å². The Morgan fingerprint density at radius 1 is 1.32 bits per heavy atom. The molecular formula is C16H16Cl2N2O2. The first kappa shape index (κ1) is 16.7. The van der Waals surface area contributed by atoms with E-state index in [2.05, 4.69) is 10.3 Å². The number of carbonyl (C=O) groups is 1. The number of aliphatic hydroxyl groups excluding tert-OH is 1. The lowest BCUT2D eigenvalue weighted by molar-refractivity contribution is -0.123. The first-order valence-electron chi connectivity index (χ1n) is 6.77. The number of aliphatic hydroxyl groups is 1. The molecule has 116 valence electrons. The van der Waals surface area contributed by atoms with Crippen molar-refractivity contribution in [1.29, 1.82) is 0 Å². The Labute approximate surface area is 139 Å². The normalized spacial score (nSPS) is 12.0. The molecule has 1 unspecified atom stereocenters. The van der Waals surface area contributed by atoms with E-state index < -0.39 is 6.10 Å². The number of hydrogen-bond acceptors (Lipinski definition) is 3. The average Bonchev–Trinajstić information content (AvgIpc) is 2.45. The topological polar surface area (TPSA) is 62.2 Å². The van der Waals surface area contributed by atoms with Crippen LogP contribution < -0.4 is 5.32 Å². The SMILES string of the molecule is Cc1cccnc1CNC(=O)CC(O)c1cc(Cl)cc(Cl)c1. The summed E-state index contributed by atoms with van der Waals surface area (Å²) in [7, 11) is 0. The summed E-state index contributed by atoms with van der Waals surface area (Å²) in [6.45, 7) is 2.26. The lowest BCUT2D eigenvalue weighted by atomic mass is 10.1. The Morgan fingerprint density at radius 3 is 2.64 bits per heavy atom. The van der Waals surface area contributed by atoms with Crippen molar-refractivity contribution in [1.82, 2.24) is 10.3 Å². The van der Waals surface area contributed by atoms with E-state index >= 15 is 0 Å². The third-order valence-electron chi connectivity index (χ3n) is 3.22. The number of hydrogen-bond donors (Lipinski definition) is 2. The first-order valence-corrected chi connectivity index (χ1v) is 7.52. The van der Waals surface area contributed by atoms with Crippen LogP contribution in [0.4, 0.5) is 0 Å². The van der Waals surface area contributed by atoms with Crippen molar-refractivity contribution >= 4 is 29.1 Å². The van der Waals surface area contributed by atoms with Crippen molar-refractivity contribution in [3.8, 4) is 0 Å². The Balaban J connectivity index is 1.93. The van der Waals surface area contributed by atoms with Gasteiger partial charge in [-0.3, -0.25) is 9.78 Å². The highest BCUT2D eigenvalue weighted by atomic mass is 35.5. The van der Waals surface area contributed by atoms with E-state index in [0.29, 0.717) is 22.2 Å². The van der Waals surface area contributed by atoms with E-state index in [-0.39, 0.29) is 12.3 Å². The van der Waals surface area contributed by atoms with Crippen LogP contribution in [-0.2, 0) is 11.3 Å². The summed E-state index contributed by atoms with van der Waals surface area (Å²) in [5.74, 6) is -0.270. The summed E-state index contributed by atoms with van der Waals surface area (Å²) >= 11 is 11.8. The third-order valence-corrected chi connectivity index (χ3v) is 3.66. The zero-order valence-electron chi connectivity index (χ0n) is 12.0. The van der Waals surface area contributed by atoms with Crippen LogP contribution in [0.2, 0.25) is 10.0 Å². The zero-order valence-corrected chi connectivity index (χ0v) is 13.5. The average molecular weight is 339 g/mol. The van der Waals surface area contributed by atoms with Crippen LogP contribution in [0.3, 0.4) is 0 Å². The lowest BCUT2D eigenvalue weighted by Crippen LogP contribution is -2.25. The van der Waals surface area contributed by atoms with Gasteiger partial charge < -0.3 is 10.4 Å². The molecule has 1 aromatic heterocycles. The van der Waals surface area contributed by atoms with E-state index in [1.165, 1.54) is 0 Å². The molecule has 0 aliphatic rings. The molecule has 2 N–H and O–H groups in total. The highest BCUT2D eigenvalue weighted by Gasteiger charge is 2.14. The largest absolute Gasteiger partial charge is 0.388 e. The number of benzene rings is 1. The Hall–Kier alpha value is -1.62. The number of aromatic nitrogens is 1. The molecule has 2 rings (SSSR count). The molecule has 0 saturated carbocycles. The summed E-state index contributed by atoms with van der Waals surface area (Å²) in [5.41, 5.74) is 2.32. The van der Waals surface area contributed by atoms with Gasteiger partial charge >= 0.3 is 0 Å². The fraction of sp³-hybridized carbons (Fsp3) is 0.250. The van der Waals surface area contributed by atoms with Gasteiger partial charge in [-0.1, -0.05) is 29.3 Å². The molecule has 0 spiro atoms. The molecule has 0 aliphatic carbocycles. The highest BCUT2D eigenvalue weighted by Crippen LogP contribution is 2.25. The van der Waals surface area contributed by atoms with E-state index in [1.54, 1.807) is 24.4 Å². The second-order valence-electron chi connectivity index (χ2n) is 4.97. The highest BCUT2D eigenvalue weighted by molar-refractivity contribution is 6.34. The van der Waals surface area contributed by atoms with Crippen molar-refractivity contribution in [3.63, 3.8) is 0 Å². The molecule has 0 saturated heterocycles. The van der Waals surface area contributed by atoms with Crippen LogP contribution in [0.25, 0.3) is 0 Å². The summed E-state index contributed by atoms with van der Waals surface area (Å²) in [6, 6.07) is 8.52. The number of amides is 1. The van der Waals surface area contributed by atoms with Crippen LogP contribution >= 0.6 is 23.2 Å². The number of aryl methyl sites for hydroxylation is 1. The molecule has 1 atom stereocenters.